The third-order valence-electron chi connectivity index (χ3n) is 3.47. The highest BCUT2D eigenvalue weighted by Crippen LogP contribution is 2.12. The number of ether oxygens (including phenoxy) is 2. The predicted octanol–water partition coefficient (Wildman–Crippen LogP) is -0.376. The molecule has 1 saturated heterocycles. The number of rotatable bonds is 6. The molecule has 0 aromatic heterocycles. The summed E-state index contributed by atoms with van der Waals surface area (Å²) in [5.74, 6) is -0.00206. The highest BCUT2D eigenvalue weighted by molar-refractivity contribution is 5.80. The standard InChI is InChI=1S/C15H21FN2O3/c1-12(21-14-4-2-13(16)3-5-14)15(19)17-6-7-18-8-10-20-11-9-18/h2-5,12H,6-11H2,1H3,(H,17,19)/p+1/t12-/m1/s1. The summed E-state index contributed by atoms with van der Waals surface area (Å²) in [4.78, 5) is 13.4. The number of benzene rings is 1. The predicted molar refractivity (Wildman–Crippen MR) is 75.9 cm³/mol. The van der Waals surface area contributed by atoms with Crippen LogP contribution in [0.15, 0.2) is 24.3 Å². The Morgan fingerprint density at radius 3 is 2.71 bits per heavy atom. The monoisotopic (exact) mass is 297 g/mol. The molecule has 0 unspecified atom stereocenters. The highest BCUT2D eigenvalue weighted by Gasteiger charge is 2.17. The van der Waals surface area contributed by atoms with E-state index in [-0.39, 0.29) is 11.7 Å². The summed E-state index contributed by atoms with van der Waals surface area (Å²) in [7, 11) is 0. The average molecular weight is 297 g/mol. The molecular formula is C15H22FN2O3+. The lowest BCUT2D eigenvalue weighted by Gasteiger charge is -2.24. The van der Waals surface area contributed by atoms with Crippen LogP contribution >= 0.6 is 0 Å². The Labute approximate surface area is 124 Å². The Hall–Kier alpha value is -1.66. The van der Waals surface area contributed by atoms with Gasteiger partial charge in [-0.05, 0) is 31.2 Å². The number of amides is 1. The molecule has 1 aromatic carbocycles. The van der Waals surface area contributed by atoms with Gasteiger partial charge in [-0.25, -0.2) is 4.39 Å². The summed E-state index contributed by atoms with van der Waals surface area (Å²) in [5.41, 5.74) is 0. The topological polar surface area (TPSA) is 52.0 Å². The van der Waals surface area contributed by atoms with Crippen LogP contribution in [0, 0.1) is 5.82 Å². The van der Waals surface area contributed by atoms with Crippen molar-refractivity contribution in [3.8, 4) is 5.75 Å². The molecule has 0 spiro atoms. The van der Waals surface area contributed by atoms with Crippen LogP contribution in [0.25, 0.3) is 0 Å². The van der Waals surface area contributed by atoms with Crippen molar-refractivity contribution in [1.29, 1.82) is 0 Å². The van der Waals surface area contributed by atoms with E-state index in [1.165, 1.54) is 29.2 Å². The van der Waals surface area contributed by atoms with Gasteiger partial charge in [-0.2, -0.15) is 0 Å². The maximum atomic E-state index is 12.8. The first-order valence-corrected chi connectivity index (χ1v) is 7.26. The Balaban J connectivity index is 1.68. The summed E-state index contributed by atoms with van der Waals surface area (Å²) in [6, 6.07) is 5.64. The van der Waals surface area contributed by atoms with Gasteiger partial charge in [0.25, 0.3) is 5.91 Å². The van der Waals surface area contributed by atoms with Gasteiger partial charge >= 0.3 is 0 Å². The number of nitrogens with one attached hydrogen (secondary N) is 2. The molecule has 1 aromatic rings. The number of hydrogen-bond donors (Lipinski definition) is 2. The summed E-state index contributed by atoms with van der Waals surface area (Å²) < 4.78 is 23.5. The van der Waals surface area contributed by atoms with E-state index >= 15 is 0 Å². The van der Waals surface area contributed by atoms with Crippen molar-refractivity contribution in [2.45, 2.75) is 13.0 Å². The normalized spacial score (nSPS) is 17.2. The van der Waals surface area contributed by atoms with Crippen LogP contribution in [0.3, 0.4) is 0 Å². The SMILES string of the molecule is C[C@@H](Oc1ccc(F)cc1)C(=O)NCC[NH+]1CCOCC1. The summed E-state index contributed by atoms with van der Waals surface area (Å²) in [6.07, 6.45) is -0.602. The molecule has 1 aliphatic rings. The molecule has 116 valence electrons. The fraction of sp³-hybridized carbons (Fsp3) is 0.533. The second-order valence-electron chi connectivity index (χ2n) is 5.12. The summed E-state index contributed by atoms with van der Waals surface area (Å²) >= 11 is 0. The molecule has 0 radical (unpaired) electrons. The van der Waals surface area contributed by atoms with E-state index in [0.29, 0.717) is 12.3 Å². The molecule has 6 heteroatoms. The van der Waals surface area contributed by atoms with Gasteiger partial charge in [0.15, 0.2) is 6.10 Å². The molecule has 0 bridgehead atoms. The third-order valence-corrected chi connectivity index (χ3v) is 3.47. The molecule has 1 amide bonds. The van der Waals surface area contributed by atoms with Gasteiger partial charge in [0.2, 0.25) is 0 Å². The smallest absolute Gasteiger partial charge is 0.260 e. The van der Waals surface area contributed by atoms with Crippen LogP contribution in [-0.2, 0) is 9.53 Å². The number of halogens is 1. The quantitative estimate of drug-likeness (QED) is 0.753. The highest BCUT2D eigenvalue weighted by atomic mass is 19.1. The maximum absolute atomic E-state index is 12.8. The van der Waals surface area contributed by atoms with Gasteiger partial charge in [0, 0.05) is 0 Å². The minimum Gasteiger partial charge on any atom is -0.481 e. The van der Waals surface area contributed by atoms with Gasteiger partial charge in [-0.3, -0.25) is 4.79 Å². The van der Waals surface area contributed by atoms with Crippen LogP contribution in [0.2, 0.25) is 0 Å². The first-order valence-electron chi connectivity index (χ1n) is 7.26. The van der Waals surface area contributed by atoms with E-state index in [1.807, 2.05) is 0 Å². The van der Waals surface area contributed by atoms with E-state index in [0.717, 1.165) is 32.8 Å². The van der Waals surface area contributed by atoms with E-state index in [1.54, 1.807) is 6.92 Å². The fourth-order valence-corrected chi connectivity index (χ4v) is 2.19. The van der Waals surface area contributed by atoms with Crippen LogP contribution in [0.1, 0.15) is 6.92 Å². The Bertz CT molecular complexity index is 447. The molecular weight excluding hydrogens is 275 g/mol. The largest absolute Gasteiger partial charge is 0.481 e. The molecule has 0 aliphatic carbocycles. The van der Waals surface area contributed by atoms with Crippen LogP contribution in [-0.4, -0.2) is 51.4 Å². The van der Waals surface area contributed by atoms with Crippen molar-refractivity contribution in [2.24, 2.45) is 0 Å². The number of carbonyl (C=O) groups excluding carboxylic acids is 1. The number of quaternary nitrogens is 1. The molecule has 2 rings (SSSR count). The average Bonchev–Trinajstić information content (AvgIpc) is 2.50. The van der Waals surface area contributed by atoms with E-state index in [9.17, 15) is 9.18 Å². The molecule has 5 nitrogen and oxygen atoms in total. The first kappa shape index (κ1) is 15.7. The van der Waals surface area contributed by atoms with Crippen LogP contribution < -0.4 is 15.0 Å². The van der Waals surface area contributed by atoms with Gasteiger partial charge in [0.1, 0.15) is 24.7 Å². The fourth-order valence-electron chi connectivity index (χ4n) is 2.19. The van der Waals surface area contributed by atoms with Crippen molar-refractivity contribution >= 4 is 5.91 Å². The van der Waals surface area contributed by atoms with Gasteiger partial charge in [-0.15, -0.1) is 0 Å². The van der Waals surface area contributed by atoms with Crippen molar-refractivity contribution in [3.63, 3.8) is 0 Å². The van der Waals surface area contributed by atoms with Crippen molar-refractivity contribution in [1.82, 2.24) is 5.32 Å². The molecule has 21 heavy (non-hydrogen) atoms. The molecule has 1 aliphatic heterocycles. The molecule has 1 atom stereocenters. The molecule has 2 N–H and O–H groups in total. The number of morpholine rings is 1. The third kappa shape index (κ3) is 5.32. The molecule has 1 heterocycles. The minimum atomic E-state index is -0.602. The van der Waals surface area contributed by atoms with Gasteiger partial charge in [-0.1, -0.05) is 0 Å². The second kappa shape index (κ2) is 7.95. The van der Waals surface area contributed by atoms with E-state index in [2.05, 4.69) is 5.32 Å². The molecule has 0 saturated carbocycles. The second-order valence-corrected chi connectivity index (χ2v) is 5.12. The molecule has 1 fully saturated rings. The number of hydrogen-bond acceptors (Lipinski definition) is 3. The zero-order valence-electron chi connectivity index (χ0n) is 12.2. The summed E-state index contributed by atoms with van der Waals surface area (Å²) in [6.45, 7) is 6.72. The van der Waals surface area contributed by atoms with Crippen molar-refractivity contribution in [3.05, 3.63) is 30.1 Å². The zero-order valence-corrected chi connectivity index (χ0v) is 12.2. The van der Waals surface area contributed by atoms with Gasteiger partial charge < -0.3 is 19.7 Å². The van der Waals surface area contributed by atoms with Crippen LogP contribution in [0.4, 0.5) is 4.39 Å². The van der Waals surface area contributed by atoms with Gasteiger partial charge in [0.05, 0.1) is 26.3 Å². The van der Waals surface area contributed by atoms with Crippen molar-refractivity contribution in [2.75, 3.05) is 39.4 Å². The summed E-state index contributed by atoms with van der Waals surface area (Å²) in [5, 5.41) is 2.86. The van der Waals surface area contributed by atoms with Crippen LogP contribution in [0.5, 0.6) is 5.75 Å². The first-order chi connectivity index (χ1) is 10.1. The van der Waals surface area contributed by atoms with E-state index < -0.39 is 6.10 Å². The lowest BCUT2D eigenvalue weighted by molar-refractivity contribution is -0.906. The Morgan fingerprint density at radius 1 is 1.38 bits per heavy atom. The van der Waals surface area contributed by atoms with Crippen molar-refractivity contribution < 1.29 is 23.6 Å². The lowest BCUT2D eigenvalue weighted by atomic mass is 10.3. The Kier molecular flexibility index (Phi) is 5.95. The van der Waals surface area contributed by atoms with E-state index in [4.69, 9.17) is 9.47 Å². The minimum absolute atomic E-state index is 0.160. The number of carbonyl (C=O) groups is 1. The maximum Gasteiger partial charge on any atom is 0.260 e. The zero-order chi connectivity index (χ0) is 15.1. The Morgan fingerprint density at radius 2 is 2.05 bits per heavy atom. The lowest BCUT2D eigenvalue weighted by Crippen LogP contribution is -3.14.